The molecule has 2 N–H and O–H groups in total. The molecule has 8 nitrogen and oxygen atoms in total. The van der Waals surface area contributed by atoms with E-state index in [4.69, 9.17) is 4.74 Å². The largest absolute Gasteiger partial charge is 0.497 e. The Kier molecular flexibility index (Phi) is 3.93. The third-order valence-corrected chi connectivity index (χ3v) is 4.41. The molecule has 2 aromatic heterocycles. The molecule has 1 aromatic carbocycles. The summed E-state index contributed by atoms with van der Waals surface area (Å²) in [5, 5.41) is 10.7. The molecule has 4 rings (SSSR count). The predicted octanol–water partition coefficient (Wildman–Crippen LogP) is 1.97. The lowest BCUT2D eigenvalue weighted by molar-refractivity contribution is -0.117. The molecule has 0 unspecified atom stereocenters. The summed E-state index contributed by atoms with van der Waals surface area (Å²) in [4.78, 5) is 23.3. The van der Waals surface area contributed by atoms with Crippen LogP contribution >= 0.6 is 0 Å². The van der Waals surface area contributed by atoms with E-state index in [0.717, 1.165) is 42.0 Å². The van der Waals surface area contributed by atoms with Crippen molar-refractivity contribution in [2.24, 2.45) is 0 Å². The van der Waals surface area contributed by atoms with Crippen LogP contribution in [0.1, 0.15) is 12.8 Å². The van der Waals surface area contributed by atoms with Crippen LogP contribution in [0.25, 0.3) is 11.0 Å². The summed E-state index contributed by atoms with van der Waals surface area (Å²) < 4.78 is 5.14. The molecule has 3 heterocycles. The number of fused-ring (bicyclic) bond motifs is 1. The second-order valence-electron chi connectivity index (χ2n) is 5.90. The van der Waals surface area contributed by atoms with Crippen molar-refractivity contribution in [3.05, 3.63) is 36.8 Å². The second-order valence-corrected chi connectivity index (χ2v) is 5.90. The number of H-pyrrole nitrogens is 1. The maximum atomic E-state index is 12.8. The van der Waals surface area contributed by atoms with Crippen LogP contribution in [-0.4, -0.2) is 45.8 Å². The number of benzene rings is 1. The van der Waals surface area contributed by atoms with Gasteiger partial charge in [-0.2, -0.15) is 5.10 Å². The van der Waals surface area contributed by atoms with Crippen molar-refractivity contribution in [2.75, 3.05) is 23.9 Å². The van der Waals surface area contributed by atoms with Gasteiger partial charge < -0.3 is 15.0 Å². The Balaban J connectivity index is 1.56. The number of nitrogens with zero attached hydrogens (tertiary/aromatic N) is 4. The molecule has 25 heavy (non-hydrogen) atoms. The smallest absolute Gasteiger partial charge is 0.247 e. The van der Waals surface area contributed by atoms with Gasteiger partial charge in [0.05, 0.1) is 18.7 Å². The molecule has 1 saturated heterocycles. The van der Waals surface area contributed by atoms with Crippen LogP contribution in [0.3, 0.4) is 0 Å². The average molecular weight is 338 g/mol. The number of hydrogen-bond acceptors (Lipinski definition) is 6. The fourth-order valence-electron chi connectivity index (χ4n) is 3.17. The lowest BCUT2D eigenvalue weighted by Gasteiger charge is -2.25. The van der Waals surface area contributed by atoms with Gasteiger partial charge in [0.2, 0.25) is 5.91 Å². The van der Waals surface area contributed by atoms with Crippen LogP contribution in [0.5, 0.6) is 5.75 Å². The predicted molar refractivity (Wildman–Crippen MR) is 93.7 cm³/mol. The number of ether oxygens (including phenoxy) is 1. The van der Waals surface area contributed by atoms with Crippen LogP contribution in [0.2, 0.25) is 0 Å². The quantitative estimate of drug-likeness (QED) is 0.755. The first-order valence-corrected chi connectivity index (χ1v) is 8.12. The van der Waals surface area contributed by atoms with Crippen molar-refractivity contribution < 1.29 is 9.53 Å². The van der Waals surface area contributed by atoms with Gasteiger partial charge in [-0.3, -0.25) is 9.89 Å². The van der Waals surface area contributed by atoms with Gasteiger partial charge in [-0.15, -0.1) is 0 Å². The van der Waals surface area contributed by atoms with Gasteiger partial charge in [-0.1, -0.05) is 0 Å². The Bertz CT molecular complexity index is 892. The topological polar surface area (TPSA) is 96.0 Å². The van der Waals surface area contributed by atoms with Crippen LogP contribution in [0, 0.1) is 0 Å². The number of aromatic nitrogens is 4. The standard InChI is InChI=1S/C17H18N6O2/c1-25-12-6-4-11(5-7-12)21-17(24)14-3-2-8-23(14)16-13-9-20-22-15(13)18-10-19-16/h4-7,9-10,14H,2-3,8H2,1H3,(H,21,24)(H,18,19,20,22)/t14-/m0/s1. The SMILES string of the molecule is COc1ccc(NC(=O)[C@@H]2CCCN2c2ncnc3[nH]ncc23)cc1. The first kappa shape index (κ1) is 15.4. The van der Waals surface area contributed by atoms with E-state index in [-0.39, 0.29) is 11.9 Å². The Morgan fingerprint density at radius 2 is 2.16 bits per heavy atom. The van der Waals surface area contributed by atoms with E-state index in [2.05, 4.69) is 25.5 Å². The number of anilines is 2. The number of aromatic amines is 1. The highest BCUT2D eigenvalue weighted by atomic mass is 16.5. The zero-order chi connectivity index (χ0) is 17.2. The molecule has 0 saturated carbocycles. The molecule has 128 valence electrons. The molecule has 1 aliphatic heterocycles. The summed E-state index contributed by atoms with van der Waals surface area (Å²) in [5.41, 5.74) is 1.42. The molecule has 1 atom stereocenters. The van der Waals surface area contributed by atoms with E-state index < -0.39 is 0 Å². The van der Waals surface area contributed by atoms with Gasteiger partial charge in [-0.25, -0.2) is 9.97 Å². The molecule has 0 aliphatic carbocycles. The fourth-order valence-corrected chi connectivity index (χ4v) is 3.17. The molecule has 0 spiro atoms. The average Bonchev–Trinajstić information content (AvgIpc) is 3.31. The molecule has 1 fully saturated rings. The van der Waals surface area contributed by atoms with Crippen molar-refractivity contribution in [1.29, 1.82) is 0 Å². The van der Waals surface area contributed by atoms with Gasteiger partial charge >= 0.3 is 0 Å². The van der Waals surface area contributed by atoms with E-state index in [1.165, 1.54) is 6.33 Å². The van der Waals surface area contributed by atoms with Crippen molar-refractivity contribution in [1.82, 2.24) is 20.2 Å². The van der Waals surface area contributed by atoms with Crippen LogP contribution < -0.4 is 15.0 Å². The van der Waals surface area contributed by atoms with Crippen LogP contribution in [0.15, 0.2) is 36.8 Å². The molecule has 1 amide bonds. The first-order chi connectivity index (χ1) is 12.3. The molecule has 0 bridgehead atoms. The Morgan fingerprint density at radius 1 is 1.32 bits per heavy atom. The number of carbonyl (C=O) groups is 1. The van der Waals surface area contributed by atoms with Crippen LogP contribution in [0.4, 0.5) is 11.5 Å². The maximum Gasteiger partial charge on any atom is 0.247 e. The number of hydrogen-bond donors (Lipinski definition) is 2. The second kappa shape index (κ2) is 6.39. The minimum atomic E-state index is -0.268. The first-order valence-electron chi connectivity index (χ1n) is 8.12. The summed E-state index contributed by atoms with van der Waals surface area (Å²) in [5.74, 6) is 1.45. The zero-order valence-electron chi connectivity index (χ0n) is 13.8. The lowest BCUT2D eigenvalue weighted by Crippen LogP contribution is -2.40. The van der Waals surface area contributed by atoms with Crippen LogP contribution in [-0.2, 0) is 4.79 Å². The lowest BCUT2D eigenvalue weighted by atomic mass is 10.2. The third kappa shape index (κ3) is 2.86. The minimum Gasteiger partial charge on any atom is -0.497 e. The van der Waals surface area contributed by atoms with Gasteiger partial charge in [0.1, 0.15) is 23.9 Å². The normalized spacial score (nSPS) is 17.0. The molecule has 1 aliphatic rings. The highest BCUT2D eigenvalue weighted by Gasteiger charge is 2.33. The summed E-state index contributed by atoms with van der Waals surface area (Å²) in [7, 11) is 1.61. The Labute approximate surface area is 144 Å². The highest BCUT2D eigenvalue weighted by molar-refractivity contribution is 5.98. The molecular weight excluding hydrogens is 320 g/mol. The summed E-state index contributed by atoms with van der Waals surface area (Å²) in [6.45, 7) is 0.776. The fraction of sp³-hybridized carbons (Fsp3) is 0.294. The van der Waals surface area contributed by atoms with Gasteiger partial charge in [0.15, 0.2) is 5.65 Å². The minimum absolute atomic E-state index is 0.0436. The number of methoxy groups -OCH3 is 1. The molecule has 0 radical (unpaired) electrons. The number of carbonyl (C=O) groups excluding carboxylic acids is 1. The van der Waals surface area contributed by atoms with Gasteiger partial charge in [0.25, 0.3) is 0 Å². The Morgan fingerprint density at radius 3 is 2.96 bits per heavy atom. The maximum absolute atomic E-state index is 12.8. The number of rotatable bonds is 4. The zero-order valence-corrected chi connectivity index (χ0v) is 13.8. The van der Waals surface area contributed by atoms with E-state index in [9.17, 15) is 4.79 Å². The van der Waals surface area contributed by atoms with Crippen molar-refractivity contribution in [2.45, 2.75) is 18.9 Å². The Hall–Kier alpha value is -3.16. The number of nitrogens with one attached hydrogen (secondary N) is 2. The summed E-state index contributed by atoms with van der Waals surface area (Å²) in [6, 6.07) is 7.03. The highest BCUT2D eigenvalue weighted by Crippen LogP contribution is 2.29. The van der Waals surface area contributed by atoms with Gasteiger partial charge in [-0.05, 0) is 37.1 Å². The van der Waals surface area contributed by atoms with E-state index >= 15 is 0 Å². The number of amides is 1. The monoisotopic (exact) mass is 338 g/mol. The van der Waals surface area contributed by atoms with Crippen molar-refractivity contribution in [3.63, 3.8) is 0 Å². The summed E-state index contributed by atoms with van der Waals surface area (Å²) >= 11 is 0. The van der Waals surface area contributed by atoms with E-state index in [1.807, 2.05) is 29.2 Å². The van der Waals surface area contributed by atoms with E-state index in [1.54, 1.807) is 13.3 Å². The molecular formula is C17H18N6O2. The summed E-state index contributed by atoms with van der Waals surface area (Å²) in [6.07, 6.45) is 4.91. The molecule has 3 aromatic rings. The van der Waals surface area contributed by atoms with Crippen molar-refractivity contribution in [3.8, 4) is 5.75 Å². The van der Waals surface area contributed by atoms with Gasteiger partial charge in [0, 0.05) is 12.2 Å². The van der Waals surface area contributed by atoms with E-state index in [0.29, 0.717) is 5.65 Å². The molecule has 8 heteroatoms. The van der Waals surface area contributed by atoms with Crippen molar-refractivity contribution >= 4 is 28.4 Å². The third-order valence-electron chi connectivity index (χ3n) is 4.41.